The van der Waals surface area contributed by atoms with Crippen LogP contribution in [0.5, 0.6) is 0 Å². The molecule has 0 saturated carbocycles. The summed E-state index contributed by atoms with van der Waals surface area (Å²) in [5.41, 5.74) is 0.760. The molecule has 23 heavy (non-hydrogen) atoms. The third-order valence-corrected chi connectivity index (χ3v) is 5.14. The van der Waals surface area contributed by atoms with Crippen molar-refractivity contribution < 1.29 is 4.79 Å². The molecule has 1 saturated heterocycles. The lowest BCUT2D eigenvalue weighted by Gasteiger charge is -2.22. The van der Waals surface area contributed by atoms with Crippen molar-refractivity contribution in [2.24, 2.45) is 0 Å². The Morgan fingerprint density at radius 3 is 2.70 bits per heavy atom. The van der Waals surface area contributed by atoms with Crippen LogP contribution < -0.4 is 0 Å². The SMILES string of the molecule is O=C(C1CCc2nnc(-c3ccc(Cl)cc3Cl)n21)N1CCCC1. The van der Waals surface area contributed by atoms with Gasteiger partial charge in [-0.05, 0) is 37.5 Å². The third kappa shape index (κ3) is 2.52. The zero-order valence-corrected chi connectivity index (χ0v) is 14.0. The van der Waals surface area contributed by atoms with Gasteiger partial charge >= 0.3 is 0 Å². The van der Waals surface area contributed by atoms with Crippen LogP contribution in [0.25, 0.3) is 11.4 Å². The number of hydrogen-bond acceptors (Lipinski definition) is 3. The van der Waals surface area contributed by atoms with Crippen molar-refractivity contribution in [2.45, 2.75) is 31.7 Å². The predicted octanol–water partition coefficient (Wildman–Crippen LogP) is 3.36. The molecule has 2 aliphatic heterocycles. The first-order valence-electron chi connectivity index (χ1n) is 7.83. The minimum atomic E-state index is -0.222. The maximum atomic E-state index is 12.8. The fourth-order valence-corrected chi connectivity index (χ4v) is 3.95. The van der Waals surface area contributed by atoms with E-state index in [0.29, 0.717) is 15.9 Å². The number of carbonyl (C=O) groups is 1. The summed E-state index contributed by atoms with van der Waals surface area (Å²) in [5, 5.41) is 9.61. The van der Waals surface area contributed by atoms with E-state index < -0.39 is 0 Å². The van der Waals surface area contributed by atoms with Gasteiger partial charge in [-0.1, -0.05) is 23.2 Å². The Labute approximate surface area is 144 Å². The lowest BCUT2D eigenvalue weighted by molar-refractivity contribution is -0.133. The summed E-state index contributed by atoms with van der Waals surface area (Å²) in [6, 6.07) is 5.07. The van der Waals surface area contributed by atoms with E-state index in [0.717, 1.165) is 50.2 Å². The predicted molar refractivity (Wildman–Crippen MR) is 88.7 cm³/mol. The third-order valence-electron chi connectivity index (χ3n) is 4.59. The highest BCUT2D eigenvalue weighted by Crippen LogP contribution is 2.36. The number of hydrogen-bond donors (Lipinski definition) is 0. The van der Waals surface area contributed by atoms with Gasteiger partial charge in [-0.2, -0.15) is 0 Å². The average Bonchev–Trinajstić information content (AvgIpc) is 3.24. The first-order valence-corrected chi connectivity index (χ1v) is 8.59. The van der Waals surface area contributed by atoms with Crippen LogP contribution in [0, 0.1) is 0 Å². The largest absolute Gasteiger partial charge is 0.341 e. The summed E-state index contributed by atoms with van der Waals surface area (Å²) in [5.74, 6) is 1.67. The van der Waals surface area contributed by atoms with E-state index in [1.165, 1.54) is 0 Å². The Balaban J connectivity index is 1.73. The zero-order chi connectivity index (χ0) is 16.0. The number of rotatable bonds is 2. The Morgan fingerprint density at radius 1 is 1.17 bits per heavy atom. The second-order valence-corrected chi connectivity index (χ2v) is 6.86. The van der Waals surface area contributed by atoms with E-state index in [4.69, 9.17) is 23.2 Å². The number of amides is 1. The highest BCUT2D eigenvalue weighted by Gasteiger charge is 2.36. The standard InChI is InChI=1S/C16H16Cl2N4O/c17-10-3-4-11(12(18)9-10)15-20-19-14-6-5-13(22(14)15)16(23)21-7-1-2-8-21/h3-4,9,13H,1-2,5-8H2. The average molecular weight is 351 g/mol. The molecule has 4 rings (SSSR count). The Morgan fingerprint density at radius 2 is 1.96 bits per heavy atom. The highest BCUT2D eigenvalue weighted by atomic mass is 35.5. The maximum absolute atomic E-state index is 12.8. The first-order chi connectivity index (χ1) is 11.1. The number of fused-ring (bicyclic) bond motifs is 1. The van der Waals surface area contributed by atoms with Crippen molar-refractivity contribution in [1.29, 1.82) is 0 Å². The molecule has 0 radical (unpaired) electrons. The van der Waals surface area contributed by atoms with E-state index >= 15 is 0 Å². The van der Waals surface area contributed by atoms with Crippen molar-refractivity contribution >= 4 is 29.1 Å². The van der Waals surface area contributed by atoms with E-state index in [1.807, 2.05) is 15.5 Å². The van der Waals surface area contributed by atoms with Gasteiger partial charge in [0, 0.05) is 30.1 Å². The van der Waals surface area contributed by atoms with Gasteiger partial charge in [-0.3, -0.25) is 9.36 Å². The van der Waals surface area contributed by atoms with Gasteiger partial charge in [-0.25, -0.2) is 0 Å². The van der Waals surface area contributed by atoms with Crippen LogP contribution in [-0.4, -0.2) is 38.7 Å². The van der Waals surface area contributed by atoms with Crippen molar-refractivity contribution in [1.82, 2.24) is 19.7 Å². The molecular formula is C16H16Cl2N4O. The molecule has 1 atom stereocenters. The number of likely N-dealkylation sites (tertiary alicyclic amines) is 1. The summed E-state index contributed by atoms with van der Waals surface area (Å²) < 4.78 is 1.95. The van der Waals surface area contributed by atoms with Crippen LogP contribution in [0.2, 0.25) is 10.0 Å². The van der Waals surface area contributed by atoms with E-state index in [-0.39, 0.29) is 11.9 Å². The summed E-state index contributed by atoms with van der Waals surface area (Å²) in [4.78, 5) is 14.8. The quantitative estimate of drug-likeness (QED) is 0.834. The highest BCUT2D eigenvalue weighted by molar-refractivity contribution is 6.36. The van der Waals surface area contributed by atoms with Crippen molar-refractivity contribution in [2.75, 3.05) is 13.1 Å². The number of carbonyl (C=O) groups excluding carboxylic acids is 1. The fraction of sp³-hybridized carbons (Fsp3) is 0.438. The molecule has 0 N–H and O–H groups in total. The van der Waals surface area contributed by atoms with E-state index in [2.05, 4.69) is 10.2 Å². The molecule has 120 valence electrons. The first kappa shape index (κ1) is 15.0. The normalized spacial score (nSPS) is 20.1. The zero-order valence-electron chi connectivity index (χ0n) is 12.5. The number of aromatic nitrogens is 3. The van der Waals surface area contributed by atoms with Crippen LogP contribution in [0.4, 0.5) is 0 Å². The molecule has 5 nitrogen and oxygen atoms in total. The molecule has 1 aromatic heterocycles. The second kappa shape index (κ2) is 5.80. The lowest BCUT2D eigenvalue weighted by atomic mass is 10.1. The van der Waals surface area contributed by atoms with Crippen LogP contribution in [0.1, 0.15) is 31.1 Å². The van der Waals surface area contributed by atoms with Crippen LogP contribution in [0.15, 0.2) is 18.2 Å². The van der Waals surface area contributed by atoms with E-state index in [1.54, 1.807) is 12.1 Å². The lowest BCUT2D eigenvalue weighted by Crippen LogP contribution is -2.34. The molecule has 0 spiro atoms. The molecule has 0 bridgehead atoms. The second-order valence-electron chi connectivity index (χ2n) is 6.02. The molecular weight excluding hydrogens is 335 g/mol. The Kier molecular flexibility index (Phi) is 3.77. The molecule has 1 unspecified atom stereocenters. The Hall–Kier alpha value is -1.59. The van der Waals surface area contributed by atoms with Gasteiger partial charge < -0.3 is 4.90 Å². The van der Waals surface area contributed by atoms with Gasteiger partial charge in [0.2, 0.25) is 5.91 Å². The number of benzene rings is 1. The van der Waals surface area contributed by atoms with Gasteiger partial charge in [0.15, 0.2) is 5.82 Å². The van der Waals surface area contributed by atoms with Gasteiger partial charge in [0.25, 0.3) is 0 Å². The molecule has 2 aromatic rings. The molecule has 1 fully saturated rings. The maximum Gasteiger partial charge on any atom is 0.245 e. The van der Waals surface area contributed by atoms with Gasteiger partial charge in [0.1, 0.15) is 11.9 Å². The van der Waals surface area contributed by atoms with Crippen LogP contribution >= 0.6 is 23.2 Å². The van der Waals surface area contributed by atoms with Crippen LogP contribution in [-0.2, 0) is 11.2 Å². The summed E-state index contributed by atoms with van der Waals surface area (Å²) in [7, 11) is 0. The monoisotopic (exact) mass is 350 g/mol. The van der Waals surface area contributed by atoms with Crippen LogP contribution in [0.3, 0.4) is 0 Å². The summed E-state index contributed by atoms with van der Waals surface area (Å²) >= 11 is 12.3. The van der Waals surface area contributed by atoms with E-state index in [9.17, 15) is 4.79 Å². The van der Waals surface area contributed by atoms with Crippen molar-refractivity contribution in [3.63, 3.8) is 0 Å². The molecule has 1 amide bonds. The number of nitrogens with zero attached hydrogens (tertiary/aromatic N) is 4. The van der Waals surface area contributed by atoms with Gasteiger partial charge in [-0.15, -0.1) is 10.2 Å². The van der Waals surface area contributed by atoms with Crippen molar-refractivity contribution in [3.05, 3.63) is 34.1 Å². The minimum Gasteiger partial charge on any atom is -0.341 e. The minimum absolute atomic E-state index is 0.174. The molecule has 3 heterocycles. The number of aryl methyl sites for hydroxylation is 1. The molecule has 2 aliphatic rings. The molecule has 1 aromatic carbocycles. The summed E-state index contributed by atoms with van der Waals surface area (Å²) in [6.07, 6.45) is 3.72. The molecule has 7 heteroatoms. The van der Waals surface area contributed by atoms with Gasteiger partial charge in [0.05, 0.1) is 5.02 Å². The topological polar surface area (TPSA) is 51.0 Å². The molecule has 0 aliphatic carbocycles. The fourth-order valence-electron chi connectivity index (χ4n) is 3.45. The Bertz CT molecular complexity index is 767. The number of halogens is 2. The summed E-state index contributed by atoms with van der Waals surface area (Å²) in [6.45, 7) is 1.70. The van der Waals surface area contributed by atoms with Crippen molar-refractivity contribution in [3.8, 4) is 11.4 Å². The smallest absolute Gasteiger partial charge is 0.245 e.